The fourth-order valence-corrected chi connectivity index (χ4v) is 10.4. The highest BCUT2D eigenvalue weighted by atomic mass is 28.4. The molecule has 0 aromatic heterocycles. The van der Waals surface area contributed by atoms with Gasteiger partial charge in [0, 0.05) is 0 Å². The molecule has 2 aromatic carbocycles. The van der Waals surface area contributed by atoms with Crippen LogP contribution in [0.1, 0.15) is 98.3 Å². The number of hydrogen-bond donors (Lipinski definition) is 1. The first-order valence-corrected chi connectivity index (χ1v) is 16.4. The second kappa shape index (κ2) is 14.5. The minimum absolute atomic E-state index is 0.0379. The highest BCUT2D eigenvalue weighted by Gasteiger charge is 2.50. The lowest BCUT2D eigenvalue weighted by Crippen LogP contribution is -2.67. The number of unbranched alkanes of at least 4 members (excludes halogenated alkanes) is 7. The van der Waals surface area contributed by atoms with Crippen molar-refractivity contribution in [1.29, 1.82) is 0 Å². The van der Waals surface area contributed by atoms with E-state index >= 15 is 0 Å². The second-order valence-electron chi connectivity index (χ2n) is 11.7. The average Bonchev–Trinajstić information content (AvgIpc) is 3.36. The summed E-state index contributed by atoms with van der Waals surface area (Å²) in [7, 11) is -2.55. The number of aliphatic hydroxyl groups excluding tert-OH is 1. The van der Waals surface area contributed by atoms with Gasteiger partial charge in [-0.15, -0.1) is 0 Å². The Morgan fingerprint density at radius 3 is 1.89 bits per heavy atom. The molecule has 0 unspecified atom stereocenters. The summed E-state index contributed by atoms with van der Waals surface area (Å²) in [4.78, 5) is 0. The Hall–Kier alpha value is -1.46. The molecule has 0 spiro atoms. The molecule has 3 nitrogen and oxygen atoms in total. The number of ether oxygens (including phenoxy) is 1. The molecule has 2 aromatic rings. The van der Waals surface area contributed by atoms with Crippen LogP contribution in [-0.2, 0) is 9.16 Å². The van der Waals surface area contributed by atoms with Crippen LogP contribution in [0.25, 0.3) is 0 Å². The smallest absolute Gasteiger partial charge is 0.261 e. The predicted octanol–water partition coefficient (Wildman–Crippen LogP) is 7.00. The van der Waals surface area contributed by atoms with E-state index in [1.807, 2.05) is 0 Å². The van der Waals surface area contributed by atoms with Gasteiger partial charge in [0.15, 0.2) is 0 Å². The van der Waals surface area contributed by atoms with Crippen molar-refractivity contribution in [3.63, 3.8) is 0 Å². The van der Waals surface area contributed by atoms with Crippen LogP contribution >= 0.6 is 0 Å². The quantitative estimate of drug-likeness (QED) is 0.207. The zero-order valence-corrected chi connectivity index (χ0v) is 24.3. The van der Waals surface area contributed by atoms with Gasteiger partial charge in [-0.2, -0.15) is 0 Å². The highest BCUT2D eigenvalue weighted by Crippen LogP contribution is 2.37. The molecule has 4 heteroatoms. The van der Waals surface area contributed by atoms with E-state index in [1.54, 1.807) is 0 Å². The minimum Gasteiger partial charge on any atom is -0.405 e. The number of benzene rings is 2. The van der Waals surface area contributed by atoms with Crippen molar-refractivity contribution in [1.82, 2.24) is 0 Å². The number of rotatable bonds is 15. The van der Waals surface area contributed by atoms with E-state index < -0.39 is 8.32 Å². The standard InChI is InChI=1S/C32H50O3Si/c1-5-6-7-8-9-10-11-18-23-30(33)31-25-24-27(35-31)26-34-36(32(2,3)4,28-19-14-12-15-20-28)29-21-16-13-17-22-29/h12-17,19-22,27,30-31,33H,5-11,18,23-26H2,1-4H3/t27-,30+,31-/m0/s1. The molecule has 0 saturated carbocycles. The lowest BCUT2D eigenvalue weighted by molar-refractivity contribution is -0.0496. The highest BCUT2D eigenvalue weighted by molar-refractivity contribution is 6.99. The van der Waals surface area contributed by atoms with E-state index in [9.17, 15) is 5.11 Å². The van der Waals surface area contributed by atoms with Crippen LogP contribution in [0.15, 0.2) is 60.7 Å². The molecule has 1 N–H and O–H groups in total. The van der Waals surface area contributed by atoms with Gasteiger partial charge in [0.2, 0.25) is 0 Å². The van der Waals surface area contributed by atoms with Crippen LogP contribution < -0.4 is 10.4 Å². The third-order valence-corrected chi connectivity index (χ3v) is 12.8. The summed E-state index contributed by atoms with van der Waals surface area (Å²) in [6, 6.07) is 21.6. The average molecular weight is 511 g/mol. The lowest BCUT2D eigenvalue weighted by atomic mass is 10.0. The van der Waals surface area contributed by atoms with Crippen LogP contribution in [0.3, 0.4) is 0 Å². The molecule has 0 bridgehead atoms. The minimum atomic E-state index is -2.55. The van der Waals surface area contributed by atoms with Gasteiger partial charge in [-0.1, -0.05) is 140 Å². The summed E-state index contributed by atoms with van der Waals surface area (Å²) >= 11 is 0. The number of hydrogen-bond acceptors (Lipinski definition) is 3. The first-order chi connectivity index (χ1) is 17.4. The fraction of sp³-hybridized carbons (Fsp3) is 0.625. The third kappa shape index (κ3) is 7.77. The van der Waals surface area contributed by atoms with Crippen LogP contribution in [0.5, 0.6) is 0 Å². The van der Waals surface area contributed by atoms with E-state index in [4.69, 9.17) is 9.16 Å². The van der Waals surface area contributed by atoms with Gasteiger partial charge in [0.1, 0.15) is 0 Å². The summed E-state index contributed by atoms with van der Waals surface area (Å²) in [5.41, 5.74) is 0. The molecular formula is C32H50O3Si. The zero-order chi connectivity index (χ0) is 25.9. The van der Waals surface area contributed by atoms with E-state index in [0.29, 0.717) is 6.61 Å². The Balaban J connectivity index is 1.56. The third-order valence-electron chi connectivity index (χ3n) is 7.83. The predicted molar refractivity (Wildman–Crippen MR) is 155 cm³/mol. The van der Waals surface area contributed by atoms with Crippen LogP contribution in [-0.4, -0.2) is 38.3 Å². The maximum atomic E-state index is 10.8. The van der Waals surface area contributed by atoms with E-state index in [0.717, 1.165) is 25.7 Å². The molecule has 1 aliphatic rings. The monoisotopic (exact) mass is 510 g/mol. The second-order valence-corrected chi connectivity index (χ2v) is 16.0. The van der Waals surface area contributed by atoms with Crippen molar-refractivity contribution in [3.05, 3.63) is 60.7 Å². The molecule has 36 heavy (non-hydrogen) atoms. The fourth-order valence-electron chi connectivity index (χ4n) is 5.79. The molecule has 1 heterocycles. The maximum absolute atomic E-state index is 10.8. The van der Waals surface area contributed by atoms with Crippen LogP contribution in [0.2, 0.25) is 5.04 Å². The van der Waals surface area contributed by atoms with Gasteiger partial charge >= 0.3 is 0 Å². The summed E-state index contributed by atoms with van der Waals surface area (Å²) in [5.74, 6) is 0. The molecule has 0 amide bonds. The van der Waals surface area contributed by atoms with Gasteiger partial charge in [-0.25, -0.2) is 0 Å². The lowest BCUT2D eigenvalue weighted by Gasteiger charge is -2.43. The molecule has 0 radical (unpaired) electrons. The van der Waals surface area contributed by atoms with Crippen LogP contribution in [0.4, 0.5) is 0 Å². The van der Waals surface area contributed by atoms with Crippen molar-refractivity contribution in [2.45, 2.75) is 122 Å². The molecule has 3 rings (SSSR count). The Morgan fingerprint density at radius 1 is 0.833 bits per heavy atom. The summed E-state index contributed by atoms with van der Waals surface area (Å²) in [6.45, 7) is 9.77. The largest absolute Gasteiger partial charge is 0.405 e. The zero-order valence-electron chi connectivity index (χ0n) is 23.3. The topological polar surface area (TPSA) is 38.7 Å². The molecule has 3 atom stereocenters. The number of aliphatic hydroxyl groups is 1. The Labute approximate surface area is 221 Å². The Morgan fingerprint density at radius 2 is 1.36 bits per heavy atom. The molecule has 1 fully saturated rings. The van der Waals surface area contributed by atoms with Gasteiger partial charge in [-0.05, 0) is 34.7 Å². The van der Waals surface area contributed by atoms with Gasteiger partial charge in [0.25, 0.3) is 8.32 Å². The van der Waals surface area contributed by atoms with Crippen molar-refractivity contribution >= 4 is 18.7 Å². The Bertz CT molecular complexity index is 809. The molecular weight excluding hydrogens is 460 g/mol. The Kier molecular flexibility index (Phi) is 11.7. The first kappa shape index (κ1) is 29.1. The van der Waals surface area contributed by atoms with Gasteiger partial charge in [-0.3, -0.25) is 0 Å². The molecule has 1 saturated heterocycles. The summed E-state index contributed by atoms with van der Waals surface area (Å²) in [6.07, 6.45) is 12.7. The van der Waals surface area contributed by atoms with Crippen LogP contribution in [0, 0.1) is 0 Å². The SMILES string of the molecule is CCCCCCCCCC[C@@H](O)[C@@H]1CC[C@@H](CO[Si](c2ccccc2)(c2ccccc2)C(C)(C)C)O1. The summed E-state index contributed by atoms with van der Waals surface area (Å²) < 4.78 is 13.4. The normalized spacial score (nSPS) is 19.5. The molecule has 0 aliphatic carbocycles. The van der Waals surface area contributed by atoms with E-state index in [2.05, 4.69) is 88.4 Å². The van der Waals surface area contributed by atoms with Crippen molar-refractivity contribution < 1.29 is 14.3 Å². The van der Waals surface area contributed by atoms with Gasteiger partial charge in [0.05, 0.1) is 24.9 Å². The van der Waals surface area contributed by atoms with Crippen molar-refractivity contribution in [3.8, 4) is 0 Å². The maximum Gasteiger partial charge on any atom is 0.261 e. The van der Waals surface area contributed by atoms with E-state index in [-0.39, 0.29) is 23.4 Å². The van der Waals surface area contributed by atoms with Gasteiger partial charge < -0.3 is 14.3 Å². The van der Waals surface area contributed by atoms with Crippen molar-refractivity contribution in [2.24, 2.45) is 0 Å². The van der Waals surface area contributed by atoms with Crippen molar-refractivity contribution in [2.75, 3.05) is 6.61 Å². The molecule has 1 aliphatic heterocycles. The summed E-state index contributed by atoms with van der Waals surface area (Å²) in [5, 5.41) is 13.4. The van der Waals surface area contributed by atoms with E-state index in [1.165, 1.54) is 55.3 Å². The molecule has 200 valence electrons. The first-order valence-electron chi connectivity index (χ1n) is 14.5.